The van der Waals surface area contributed by atoms with Gasteiger partial charge in [-0.3, -0.25) is 13.9 Å². The highest BCUT2D eigenvalue weighted by molar-refractivity contribution is 8.26. The van der Waals surface area contributed by atoms with Crippen molar-refractivity contribution in [3.8, 4) is 0 Å². The van der Waals surface area contributed by atoms with Crippen LogP contribution < -0.4 is 10.5 Å². The second-order valence-corrected chi connectivity index (χ2v) is 10.2. The van der Waals surface area contributed by atoms with Crippen molar-refractivity contribution in [2.45, 2.75) is 40.0 Å². The summed E-state index contributed by atoms with van der Waals surface area (Å²) in [5.74, 6) is -0.269. The molecule has 0 aliphatic carbocycles. The monoisotopic (exact) mass is 340 g/mol. The third kappa shape index (κ3) is 2.71. The number of nitrogens with one attached hydrogen (secondary N) is 1. The molecule has 0 aromatic carbocycles. The molecular formula is C10H16N2O5S3. The highest BCUT2D eigenvalue weighted by Gasteiger charge is 2.39. The SMILES string of the molecule is CC(=O)NC1CC(C)S(O)(O)c2sc(S(N)(=O)=O)cc21. The number of hydrogen-bond donors (Lipinski definition) is 4. The van der Waals surface area contributed by atoms with Crippen molar-refractivity contribution in [3.05, 3.63) is 11.6 Å². The predicted molar refractivity (Wildman–Crippen MR) is 77.4 cm³/mol. The maximum Gasteiger partial charge on any atom is 0.247 e. The van der Waals surface area contributed by atoms with Gasteiger partial charge in [0, 0.05) is 12.5 Å². The summed E-state index contributed by atoms with van der Waals surface area (Å²) in [6.45, 7) is 3.01. The fourth-order valence-corrected chi connectivity index (χ4v) is 6.62. The Morgan fingerprint density at radius 2 is 2.15 bits per heavy atom. The number of rotatable bonds is 2. The van der Waals surface area contributed by atoms with Crippen LogP contribution in [0.2, 0.25) is 0 Å². The second-order valence-electron chi connectivity index (χ2n) is 4.75. The van der Waals surface area contributed by atoms with Gasteiger partial charge in [0.2, 0.25) is 15.9 Å². The minimum Gasteiger partial charge on any atom is -0.349 e. The van der Waals surface area contributed by atoms with Crippen LogP contribution >= 0.6 is 21.9 Å². The third-order valence-corrected chi connectivity index (χ3v) is 8.58. The summed E-state index contributed by atoms with van der Waals surface area (Å²) in [4.78, 5) is 11.2. The summed E-state index contributed by atoms with van der Waals surface area (Å²) in [7, 11) is -7.00. The van der Waals surface area contributed by atoms with E-state index in [0.717, 1.165) is 11.3 Å². The molecule has 0 radical (unpaired) electrons. The van der Waals surface area contributed by atoms with Gasteiger partial charge < -0.3 is 5.32 Å². The largest absolute Gasteiger partial charge is 0.349 e. The number of carbonyl (C=O) groups excluding carboxylic acids is 1. The van der Waals surface area contributed by atoms with Crippen LogP contribution in [0.15, 0.2) is 14.5 Å². The van der Waals surface area contributed by atoms with Crippen LogP contribution in [0, 0.1) is 0 Å². The molecule has 2 heterocycles. The molecule has 7 nitrogen and oxygen atoms in total. The van der Waals surface area contributed by atoms with Crippen LogP contribution in [-0.4, -0.2) is 28.7 Å². The first-order valence-corrected chi connectivity index (χ1v) is 9.71. The Kier molecular flexibility index (Phi) is 3.91. The van der Waals surface area contributed by atoms with Crippen molar-refractivity contribution < 1.29 is 22.3 Å². The van der Waals surface area contributed by atoms with E-state index >= 15 is 0 Å². The van der Waals surface area contributed by atoms with Crippen LogP contribution in [0.5, 0.6) is 0 Å². The lowest BCUT2D eigenvalue weighted by molar-refractivity contribution is -0.119. The summed E-state index contributed by atoms with van der Waals surface area (Å²) in [6.07, 6.45) is 0.329. The molecule has 1 aliphatic rings. The number of thiophene rings is 1. The van der Waals surface area contributed by atoms with E-state index in [9.17, 15) is 22.3 Å². The van der Waals surface area contributed by atoms with Crippen molar-refractivity contribution in [2.75, 3.05) is 0 Å². The number of carbonyl (C=O) groups is 1. The van der Waals surface area contributed by atoms with E-state index < -0.39 is 31.9 Å². The Morgan fingerprint density at radius 3 is 2.65 bits per heavy atom. The van der Waals surface area contributed by atoms with E-state index in [1.54, 1.807) is 6.92 Å². The summed E-state index contributed by atoms with van der Waals surface area (Å²) in [5.41, 5.74) is 0.423. The van der Waals surface area contributed by atoms with E-state index in [1.807, 2.05) is 0 Å². The number of fused-ring (bicyclic) bond motifs is 1. The number of nitrogens with two attached hydrogens (primary N) is 1. The van der Waals surface area contributed by atoms with Crippen molar-refractivity contribution in [1.29, 1.82) is 0 Å². The summed E-state index contributed by atoms with van der Waals surface area (Å²) >= 11 is 0.757. The van der Waals surface area contributed by atoms with Gasteiger partial charge in [-0.05, 0) is 19.4 Å². The first-order chi connectivity index (χ1) is 9.03. The molecule has 0 spiro atoms. The number of amides is 1. The van der Waals surface area contributed by atoms with E-state index in [-0.39, 0.29) is 14.3 Å². The first kappa shape index (κ1) is 15.7. The standard InChI is InChI=1S/C10H16N2O5S3/c1-5-3-8(12-6(2)13)7-4-9(20(11,16)17)18-10(7)19(5,14)15/h4-5,8,14-15H,3H2,1-2H3,(H,12,13)(H2,11,16,17). The van der Waals surface area contributed by atoms with Gasteiger partial charge in [-0.1, -0.05) is 0 Å². The Hall–Kier alpha value is -0.650. The number of hydrogen-bond acceptors (Lipinski definition) is 6. The lowest BCUT2D eigenvalue weighted by atomic mass is 10.0. The van der Waals surface area contributed by atoms with Gasteiger partial charge in [0.1, 0.15) is 8.42 Å². The molecule has 1 amide bonds. The lowest BCUT2D eigenvalue weighted by Crippen LogP contribution is -2.33. The average Bonchev–Trinajstić information content (AvgIpc) is 2.70. The Morgan fingerprint density at radius 1 is 1.55 bits per heavy atom. The minimum absolute atomic E-state index is 0.132. The molecule has 2 rings (SSSR count). The Balaban J connectivity index is 2.58. The van der Waals surface area contributed by atoms with E-state index in [1.165, 1.54) is 13.0 Å². The van der Waals surface area contributed by atoms with Crippen molar-refractivity contribution >= 4 is 37.9 Å². The molecule has 2 unspecified atom stereocenters. The summed E-state index contributed by atoms with van der Waals surface area (Å²) < 4.78 is 43.4. The summed E-state index contributed by atoms with van der Waals surface area (Å²) in [5, 5.41) is 7.30. The van der Waals surface area contributed by atoms with Crippen LogP contribution in [0.1, 0.15) is 31.9 Å². The van der Waals surface area contributed by atoms with Crippen molar-refractivity contribution in [1.82, 2.24) is 5.32 Å². The smallest absolute Gasteiger partial charge is 0.247 e. The lowest BCUT2D eigenvalue weighted by Gasteiger charge is -2.44. The van der Waals surface area contributed by atoms with E-state index in [0.29, 0.717) is 12.0 Å². The van der Waals surface area contributed by atoms with Gasteiger partial charge >= 0.3 is 0 Å². The highest BCUT2D eigenvalue weighted by atomic mass is 32.3. The molecule has 0 saturated carbocycles. The molecule has 5 N–H and O–H groups in total. The van der Waals surface area contributed by atoms with Crippen molar-refractivity contribution in [3.63, 3.8) is 0 Å². The average molecular weight is 340 g/mol. The fraction of sp³-hybridized carbons (Fsp3) is 0.500. The maximum absolute atomic E-state index is 11.4. The van der Waals surface area contributed by atoms with Crippen molar-refractivity contribution in [2.24, 2.45) is 5.14 Å². The predicted octanol–water partition coefficient (Wildman–Crippen LogP) is 1.47. The zero-order chi connectivity index (χ0) is 15.3. The molecule has 0 fully saturated rings. The zero-order valence-corrected chi connectivity index (χ0v) is 13.3. The normalized spacial score (nSPS) is 26.6. The second kappa shape index (κ2) is 4.97. The van der Waals surface area contributed by atoms with Crippen LogP contribution in [-0.2, 0) is 14.8 Å². The van der Waals surface area contributed by atoms with Crippen LogP contribution in [0.4, 0.5) is 0 Å². The number of primary sulfonamides is 1. The van der Waals surface area contributed by atoms with Gasteiger partial charge in [0.15, 0.2) is 0 Å². The molecule has 0 saturated heterocycles. The van der Waals surface area contributed by atoms with Gasteiger partial charge in [-0.2, -0.15) is 10.6 Å². The third-order valence-electron chi connectivity index (χ3n) is 3.14. The molecule has 1 aromatic rings. The fourth-order valence-electron chi connectivity index (χ4n) is 2.14. The molecule has 1 aromatic heterocycles. The van der Waals surface area contributed by atoms with Gasteiger partial charge in [0.05, 0.1) is 11.3 Å². The van der Waals surface area contributed by atoms with Gasteiger partial charge in [-0.15, -0.1) is 11.3 Å². The van der Waals surface area contributed by atoms with Crippen LogP contribution in [0.3, 0.4) is 0 Å². The molecule has 20 heavy (non-hydrogen) atoms. The maximum atomic E-state index is 11.4. The summed E-state index contributed by atoms with van der Waals surface area (Å²) in [6, 6.07) is 0.875. The molecule has 10 heteroatoms. The highest BCUT2D eigenvalue weighted by Crippen LogP contribution is 2.63. The minimum atomic E-state index is -3.92. The van der Waals surface area contributed by atoms with E-state index in [2.05, 4.69) is 5.32 Å². The quantitative estimate of drug-likeness (QED) is 0.648. The van der Waals surface area contributed by atoms with E-state index in [4.69, 9.17) is 5.14 Å². The Bertz CT molecular complexity index is 652. The zero-order valence-electron chi connectivity index (χ0n) is 10.9. The Labute approximate surface area is 122 Å². The molecule has 2 atom stereocenters. The van der Waals surface area contributed by atoms with Gasteiger partial charge in [-0.25, -0.2) is 13.6 Å². The molecule has 0 bridgehead atoms. The molecule has 114 valence electrons. The van der Waals surface area contributed by atoms with Gasteiger partial charge in [0.25, 0.3) is 0 Å². The topological polar surface area (TPSA) is 130 Å². The molecular weight excluding hydrogens is 324 g/mol. The first-order valence-electron chi connectivity index (χ1n) is 5.74. The van der Waals surface area contributed by atoms with Crippen LogP contribution in [0.25, 0.3) is 0 Å². The molecule has 1 aliphatic heterocycles. The number of sulfonamides is 1.